The van der Waals surface area contributed by atoms with Gasteiger partial charge in [0, 0.05) is 33.7 Å². The summed E-state index contributed by atoms with van der Waals surface area (Å²) in [5, 5.41) is 9.81. The molecule has 2 saturated heterocycles. The molecule has 2 spiro atoms. The lowest BCUT2D eigenvalue weighted by molar-refractivity contribution is 0.0415. The minimum Gasteiger partial charge on any atom is -0.444 e. The molecule has 59 heavy (non-hydrogen) atoms. The van der Waals surface area contributed by atoms with Crippen molar-refractivity contribution in [2.45, 2.75) is 103 Å². The number of amides is 2. The van der Waals surface area contributed by atoms with Gasteiger partial charge in [-0.05, 0) is 194 Å². The Bertz CT molecular complexity index is 2020. The number of rotatable bonds is 3. The fraction of sp³-hybridized carbons (Fsp3) is 0.478. The van der Waals surface area contributed by atoms with Crippen molar-refractivity contribution in [3.05, 3.63) is 120 Å². The molecule has 4 aliphatic rings. The fourth-order valence-electron chi connectivity index (χ4n) is 8.87. The lowest BCUT2D eigenvalue weighted by atomic mass is 9.72. The normalized spacial score (nSPS) is 19.9. The standard InChI is InChI=1S/C23H28BrN3O2.C18H26N2O2.C5H3BrIN/c1-22(2,3)29-21(28)26-20-18-7-5-4-6-16(18)14-23(20)10-12-27(13-11-23)17-8-9-19(24)25-15-17;1-17(2,3)22-16(21)20-15-14-7-5-4-6-13(14)12-18(15)8-10-19-11-9-18;6-5-2-1-4(7)3-8-5/h4-9,15,20H,10-14H2,1-3H3,(H,26,28);4-7,15,19H,8-12H2,1-3H3,(H,20,21);1-3H/t20-;15-;/m11./s1. The number of pyridine rings is 2. The number of nitrogens with one attached hydrogen (secondary N) is 3. The molecule has 3 N–H and O–H groups in total. The number of carbonyl (C=O) groups is 2. The number of fused-ring (bicyclic) bond motifs is 2. The summed E-state index contributed by atoms with van der Waals surface area (Å²) in [6.07, 6.45) is 9.32. The first-order valence-electron chi connectivity index (χ1n) is 20.4. The van der Waals surface area contributed by atoms with E-state index >= 15 is 0 Å². The van der Waals surface area contributed by atoms with Gasteiger partial charge < -0.3 is 30.3 Å². The zero-order valence-electron chi connectivity index (χ0n) is 34.9. The summed E-state index contributed by atoms with van der Waals surface area (Å²) >= 11 is 8.85. The summed E-state index contributed by atoms with van der Waals surface area (Å²) in [7, 11) is 0. The number of piperidine rings is 2. The Morgan fingerprint density at radius 3 is 1.58 bits per heavy atom. The maximum Gasteiger partial charge on any atom is 0.408 e. The van der Waals surface area contributed by atoms with Gasteiger partial charge in [0.15, 0.2) is 0 Å². The Labute approximate surface area is 380 Å². The van der Waals surface area contributed by atoms with E-state index in [1.165, 1.54) is 22.3 Å². The lowest BCUT2D eigenvalue weighted by Gasteiger charge is -2.44. The predicted octanol–water partition coefficient (Wildman–Crippen LogP) is 10.9. The van der Waals surface area contributed by atoms with Crippen LogP contribution in [0, 0.1) is 14.4 Å². The summed E-state index contributed by atoms with van der Waals surface area (Å²) in [4.78, 5) is 35.7. The third kappa shape index (κ3) is 12.0. The Hall–Kier alpha value is -3.27. The maximum absolute atomic E-state index is 12.6. The molecule has 2 aromatic carbocycles. The van der Waals surface area contributed by atoms with Crippen LogP contribution in [0.3, 0.4) is 0 Å². The van der Waals surface area contributed by atoms with Gasteiger partial charge in [-0.25, -0.2) is 19.6 Å². The van der Waals surface area contributed by atoms with E-state index in [2.05, 4.69) is 140 Å². The number of hydrogen-bond acceptors (Lipinski definition) is 8. The molecule has 2 amide bonds. The summed E-state index contributed by atoms with van der Waals surface area (Å²) < 4.78 is 14.0. The monoisotopic (exact) mass is 1040 g/mol. The molecule has 2 aromatic heterocycles. The van der Waals surface area contributed by atoms with Gasteiger partial charge in [-0.3, -0.25) is 0 Å². The average Bonchev–Trinajstić information content (AvgIpc) is 3.63. The molecular weight excluding hydrogens is 987 g/mol. The number of alkyl carbamates (subject to hydrolysis) is 2. The number of carbonyl (C=O) groups excluding carboxylic acids is 2. The highest BCUT2D eigenvalue weighted by atomic mass is 127. The minimum atomic E-state index is -0.507. The highest BCUT2D eigenvalue weighted by Gasteiger charge is 2.49. The van der Waals surface area contributed by atoms with Gasteiger partial charge in [0.1, 0.15) is 20.4 Å². The van der Waals surface area contributed by atoms with Gasteiger partial charge in [-0.2, -0.15) is 0 Å². The maximum atomic E-state index is 12.6. The minimum absolute atomic E-state index is 0.0151. The Morgan fingerprint density at radius 1 is 0.695 bits per heavy atom. The van der Waals surface area contributed by atoms with Crippen LogP contribution in [-0.4, -0.2) is 59.5 Å². The highest BCUT2D eigenvalue weighted by Crippen LogP contribution is 2.53. The lowest BCUT2D eigenvalue weighted by Crippen LogP contribution is -2.47. The van der Waals surface area contributed by atoms with Crippen LogP contribution in [0.2, 0.25) is 0 Å². The van der Waals surface area contributed by atoms with Crippen molar-refractivity contribution in [2.24, 2.45) is 10.8 Å². The second kappa shape index (κ2) is 19.2. The molecule has 2 aliphatic heterocycles. The van der Waals surface area contributed by atoms with E-state index < -0.39 is 11.2 Å². The van der Waals surface area contributed by atoms with Crippen molar-refractivity contribution in [3.63, 3.8) is 0 Å². The van der Waals surface area contributed by atoms with E-state index in [0.717, 1.165) is 83.2 Å². The number of halogens is 3. The van der Waals surface area contributed by atoms with E-state index in [-0.39, 0.29) is 35.1 Å². The number of benzene rings is 2. The second-order valence-electron chi connectivity index (χ2n) is 18.0. The third-order valence-electron chi connectivity index (χ3n) is 11.5. The van der Waals surface area contributed by atoms with Crippen LogP contribution in [0.15, 0.2) is 94.4 Å². The van der Waals surface area contributed by atoms with E-state index in [1.54, 1.807) is 0 Å². The Morgan fingerprint density at radius 2 is 1.15 bits per heavy atom. The molecule has 0 radical (unpaired) electrons. The van der Waals surface area contributed by atoms with Crippen molar-refractivity contribution < 1.29 is 19.1 Å². The predicted molar refractivity (Wildman–Crippen MR) is 250 cm³/mol. The van der Waals surface area contributed by atoms with Crippen LogP contribution < -0.4 is 20.9 Å². The molecule has 316 valence electrons. The van der Waals surface area contributed by atoms with Crippen molar-refractivity contribution in [1.29, 1.82) is 0 Å². The molecule has 13 heteroatoms. The van der Waals surface area contributed by atoms with Crippen LogP contribution in [0.25, 0.3) is 0 Å². The first-order valence-corrected chi connectivity index (χ1v) is 23.1. The van der Waals surface area contributed by atoms with Crippen LogP contribution in [0.5, 0.6) is 0 Å². The molecule has 10 nitrogen and oxygen atoms in total. The Balaban J connectivity index is 0.000000171. The van der Waals surface area contributed by atoms with Crippen LogP contribution in [-0.2, 0) is 22.3 Å². The molecule has 2 fully saturated rings. The summed E-state index contributed by atoms with van der Waals surface area (Å²) in [6, 6.07) is 25.0. The van der Waals surface area contributed by atoms with E-state index in [4.69, 9.17) is 9.47 Å². The number of nitrogens with zero attached hydrogens (tertiary/aromatic N) is 3. The van der Waals surface area contributed by atoms with Crippen LogP contribution >= 0.6 is 54.5 Å². The van der Waals surface area contributed by atoms with Gasteiger partial charge in [0.25, 0.3) is 0 Å². The van der Waals surface area contributed by atoms with Gasteiger partial charge in [0.2, 0.25) is 0 Å². The smallest absolute Gasteiger partial charge is 0.408 e. The zero-order valence-corrected chi connectivity index (χ0v) is 40.2. The van der Waals surface area contributed by atoms with Crippen LogP contribution in [0.1, 0.15) is 102 Å². The molecule has 2 atom stereocenters. The van der Waals surface area contributed by atoms with E-state index in [1.807, 2.05) is 72.1 Å². The molecule has 0 unspecified atom stereocenters. The van der Waals surface area contributed by atoms with Crippen molar-refractivity contribution >= 4 is 72.3 Å². The van der Waals surface area contributed by atoms with E-state index in [9.17, 15) is 9.59 Å². The summed E-state index contributed by atoms with van der Waals surface area (Å²) in [5.74, 6) is 0. The molecule has 4 heterocycles. The zero-order chi connectivity index (χ0) is 42.4. The van der Waals surface area contributed by atoms with Crippen molar-refractivity contribution in [3.8, 4) is 0 Å². The average molecular weight is 1040 g/mol. The molecule has 8 rings (SSSR count). The van der Waals surface area contributed by atoms with Crippen LogP contribution in [0.4, 0.5) is 15.3 Å². The number of aromatic nitrogens is 2. The van der Waals surface area contributed by atoms with Gasteiger partial charge in [0.05, 0.1) is 24.0 Å². The summed E-state index contributed by atoms with van der Waals surface area (Å²) in [5.41, 5.74) is 5.53. The van der Waals surface area contributed by atoms with Crippen molar-refractivity contribution in [1.82, 2.24) is 25.9 Å². The van der Waals surface area contributed by atoms with E-state index in [0.29, 0.717) is 0 Å². The molecular formula is C46H57Br2IN6O4. The molecule has 0 bridgehead atoms. The number of anilines is 1. The first kappa shape index (κ1) is 45.3. The fourth-order valence-corrected chi connectivity index (χ4v) is 9.66. The topological polar surface area (TPSA) is 118 Å². The van der Waals surface area contributed by atoms with Gasteiger partial charge in [-0.15, -0.1) is 0 Å². The number of ether oxygens (including phenoxy) is 2. The Kier molecular flexibility index (Phi) is 14.7. The highest BCUT2D eigenvalue weighted by molar-refractivity contribution is 14.1. The van der Waals surface area contributed by atoms with Gasteiger partial charge >= 0.3 is 12.2 Å². The summed E-state index contributed by atoms with van der Waals surface area (Å²) in [6.45, 7) is 15.3. The largest absolute Gasteiger partial charge is 0.444 e. The third-order valence-corrected chi connectivity index (χ3v) is 13.1. The molecule has 0 saturated carbocycles. The quantitative estimate of drug-likeness (QED) is 0.137. The SMILES string of the molecule is Brc1ccc(I)cn1.CC(C)(C)OC(=O)N[C@@H]1c2ccccc2CC12CCN(c1ccc(Br)nc1)CC2.CC(C)(C)OC(=O)N[C@@H]1c2ccccc2CC12CCNCC2. The van der Waals surface area contributed by atoms with Crippen molar-refractivity contribution in [2.75, 3.05) is 31.1 Å². The second-order valence-corrected chi connectivity index (χ2v) is 20.9. The molecule has 2 aliphatic carbocycles. The number of hydrogen-bond donors (Lipinski definition) is 3. The first-order chi connectivity index (χ1) is 27.9. The van der Waals surface area contributed by atoms with Gasteiger partial charge in [-0.1, -0.05) is 48.5 Å². The molecule has 4 aromatic rings.